The molecular weight excluding hydrogens is 254 g/mol. The summed E-state index contributed by atoms with van der Waals surface area (Å²) in [5.74, 6) is -1.05. The number of nitrogens with one attached hydrogen (secondary N) is 1. The summed E-state index contributed by atoms with van der Waals surface area (Å²) in [7, 11) is 0. The number of hydrogen-bond acceptors (Lipinski definition) is 2. The van der Waals surface area contributed by atoms with Gasteiger partial charge < -0.3 is 10.4 Å². The molecule has 0 aliphatic rings. The molecule has 0 aliphatic carbocycles. The zero-order chi connectivity index (χ0) is 14.5. The zero-order valence-electron chi connectivity index (χ0n) is 11.1. The van der Waals surface area contributed by atoms with Crippen molar-refractivity contribution < 1.29 is 14.7 Å². The van der Waals surface area contributed by atoms with Crippen LogP contribution in [-0.4, -0.2) is 17.0 Å². The van der Waals surface area contributed by atoms with E-state index in [2.05, 4.69) is 5.32 Å². The van der Waals surface area contributed by atoms with E-state index in [1.54, 1.807) is 30.3 Å². The Morgan fingerprint density at radius 3 is 2.30 bits per heavy atom. The molecule has 0 atom stereocenters. The quantitative estimate of drug-likeness (QED) is 0.896. The van der Waals surface area contributed by atoms with Gasteiger partial charge >= 0.3 is 5.97 Å². The van der Waals surface area contributed by atoms with Crippen molar-refractivity contribution in [1.82, 2.24) is 0 Å². The monoisotopic (exact) mass is 269 g/mol. The van der Waals surface area contributed by atoms with Gasteiger partial charge in [-0.2, -0.15) is 0 Å². The molecule has 0 unspecified atom stereocenters. The van der Waals surface area contributed by atoms with Crippen LogP contribution in [0.4, 0.5) is 5.69 Å². The van der Waals surface area contributed by atoms with Gasteiger partial charge in [0.15, 0.2) is 0 Å². The van der Waals surface area contributed by atoms with E-state index >= 15 is 0 Å². The molecule has 0 fully saturated rings. The number of carboxylic acids is 1. The number of aryl methyl sites for hydroxylation is 1. The summed E-state index contributed by atoms with van der Waals surface area (Å²) in [4.78, 5) is 22.7. The second-order valence-corrected chi connectivity index (χ2v) is 4.54. The van der Waals surface area contributed by atoms with Gasteiger partial charge in [0.1, 0.15) is 0 Å². The smallest absolute Gasteiger partial charge is 0.307 e. The lowest BCUT2D eigenvalue weighted by atomic mass is 10.1. The molecule has 0 radical (unpaired) electrons. The van der Waals surface area contributed by atoms with E-state index in [-0.39, 0.29) is 12.3 Å². The van der Waals surface area contributed by atoms with Gasteiger partial charge in [-0.3, -0.25) is 9.59 Å². The van der Waals surface area contributed by atoms with Crippen LogP contribution in [0, 0.1) is 6.92 Å². The molecule has 20 heavy (non-hydrogen) atoms. The van der Waals surface area contributed by atoms with E-state index in [9.17, 15) is 9.59 Å². The van der Waals surface area contributed by atoms with Gasteiger partial charge in [-0.15, -0.1) is 0 Å². The van der Waals surface area contributed by atoms with Crippen molar-refractivity contribution in [1.29, 1.82) is 0 Å². The number of carboxylic acid groups (broad SMARTS) is 1. The van der Waals surface area contributed by atoms with Gasteiger partial charge in [0.2, 0.25) is 0 Å². The fourth-order valence-electron chi connectivity index (χ4n) is 1.91. The molecule has 102 valence electrons. The third-order valence-electron chi connectivity index (χ3n) is 2.96. The van der Waals surface area contributed by atoms with Crippen LogP contribution in [-0.2, 0) is 11.2 Å². The van der Waals surface area contributed by atoms with Crippen LogP contribution in [0.5, 0.6) is 0 Å². The summed E-state index contributed by atoms with van der Waals surface area (Å²) in [6.45, 7) is 1.88. The predicted octanol–water partition coefficient (Wildman–Crippen LogP) is 2.87. The van der Waals surface area contributed by atoms with E-state index < -0.39 is 5.97 Å². The molecule has 0 heterocycles. The standard InChI is InChI=1S/C16H15NO3/c1-11-4-2-3-5-14(11)16(20)17-13-8-6-12(7-9-13)10-15(18)19/h2-9H,10H2,1H3,(H,17,20)(H,18,19). The molecule has 2 rings (SSSR count). The summed E-state index contributed by atoms with van der Waals surface area (Å²) in [6.07, 6.45) is -0.0218. The molecule has 0 saturated heterocycles. The largest absolute Gasteiger partial charge is 0.481 e. The fraction of sp³-hybridized carbons (Fsp3) is 0.125. The average Bonchev–Trinajstić information content (AvgIpc) is 2.41. The maximum atomic E-state index is 12.1. The highest BCUT2D eigenvalue weighted by atomic mass is 16.4. The molecule has 0 aliphatic heterocycles. The Labute approximate surface area is 117 Å². The van der Waals surface area contributed by atoms with Crippen molar-refractivity contribution in [2.24, 2.45) is 0 Å². The van der Waals surface area contributed by atoms with Crippen LogP contribution in [0.2, 0.25) is 0 Å². The number of carbonyl (C=O) groups excluding carboxylic acids is 1. The number of benzene rings is 2. The Morgan fingerprint density at radius 1 is 1.05 bits per heavy atom. The first-order chi connectivity index (χ1) is 9.56. The Kier molecular flexibility index (Phi) is 4.15. The maximum absolute atomic E-state index is 12.1. The van der Waals surface area contributed by atoms with E-state index in [0.717, 1.165) is 5.56 Å². The summed E-state index contributed by atoms with van der Waals surface area (Å²) < 4.78 is 0. The molecule has 4 nitrogen and oxygen atoms in total. The molecule has 0 spiro atoms. The molecule has 2 N–H and O–H groups in total. The fourth-order valence-corrected chi connectivity index (χ4v) is 1.91. The molecule has 0 saturated carbocycles. The second kappa shape index (κ2) is 6.02. The van der Waals surface area contributed by atoms with Crippen molar-refractivity contribution in [3.05, 3.63) is 65.2 Å². The Hall–Kier alpha value is -2.62. The Bertz CT molecular complexity index is 632. The molecule has 0 aromatic heterocycles. The van der Waals surface area contributed by atoms with Crippen LogP contribution in [0.25, 0.3) is 0 Å². The summed E-state index contributed by atoms with van der Waals surface area (Å²) >= 11 is 0. The lowest BCUT2D eigenvalue weighted by molar-refractivity contribution is -0.136. The topological polar surface area (TPSA) is 66.4 Å². The minimum atomic E-state index is -0.873. The summed E-state index contributed by atoms with van der Waals surface area (Å²) in [5, 5.41) is 11.5. The van der Waals surface area contributed by atoms with E-state index in [4.69, 9.17) is 5.11 Å². The van der Waals surface area contributed by atoms with Crippen LogP contribution in [0.15, 0.2) is 48.5 Å². The molecule has 2 aromatic rings. The Balaban J connectivity index is 2.09. The van der Waals surface area contributed by atoms with E-state index in [1.165, 1.54) is 0 Å². The zero-order valence-corrected chi connectivity index (χ0v) is 11.1. The van der Waals surface area contributed by atoms with Crippen molar-refractivity contribution in [2.45, 2.75) is 13.3 Å². The number of rotatable bonds is 4. The van der Waals surface area contributed by atoms with Gasteiger partial charge in [-0.1, -0.05) is 30.3 Å². The van der Waals surface area contributed by atoms with E-state index in [0.29, 0.717) is 16.8 Å². The van der Waals surface area contributed by atoms with Gasteiger partial charge in [-0.05, 0) is 36.2 Å². The van der Waals surface area contributed by atoms with Crippen molar-refractivity contribution in [2.75, 3.05) is 5.32 Å². The van der Waals surface area contributed by atoms with E-state index in [1.807, 2.05) is 25.1 Å². The highest BCUT2D eigenvalue weighted by molar-refractivity contribution is 6.05. The summed E-state index contributed by atoms with van der Waals surface area (Å²) in [6, 6.07) is 14.1. The van der Waals surface area contributed by atoms with Crippen LogP contribution in [0.3, 0.4) is 0 Å². The van der Waals surface area contributed by atoms with Gasteiger partial charge in [-0.25, -0.2) is 0 Å². The molecule has 0 bridgehead atoms. The Morgan fingerprint density at radius 2 is 1.70 bits per heavy atom. The highest BCUT2D eigenvalue weighted by Crippen LogP contribution is 2.13. The minimum absolute atomic E-state index is 0.0218. The first kappa shape index (κ1) is 13.8. The maximum Gasteiger partial charge on any atom is 0.307 e. The number of aliphatic carboxylic acids is 1. The number of anilines is 1. The van der Waals surface area contributed by atoms with Crippen LogP contribution >= 0.6 is 0 Å². The lowest BCUT2D eigenvalue weighted by Crippen LogP contribution is -2.13. The normalized spacial score (nSPS) is 10.1. The minimum Gasteiger partial charge on any atom is -0.481 e. The van der Waals surface area contributed by atoms with Crippen molar-refractivity contribution >= 4 is 17.6 Å². The van der Waals surface area contributed by atoms with Crippen molar-refractivity contribution in [3.8, 4) is 0 Å². The highest BCUT2D eigenvalue weighted by Gasteiger charge is 2.08. The second-order valence-electron chi connectivity index (χ2n) is 4.54. The third-order valence-corrected chi connectivity index (χ3v) is 2.96. The van der Waals surface area contributed by atoms with Gasteiger partial charge in [0, 0.05) is 11.3 Å². The van der Waals surface area contributed by atoms with Crippen molar-refractivity contribution in [3.63, 3.8) is 0 Å². The van der Waals surface area contributed by atoms with Crippen LogP contribution in [0.1, 0.15) is 21.5 Å². The van der Waals surface area contributed by atoms with Crippen LogP contribution < -0.4 is 5.32 Å². The number of carbonyl (C=O) groups is 2. The molecular formula is C16H15NO3. The SMILES string of the molecule is Cc1ccccc1C(=O)Nc1ccc(CC(=O)O)cc1. The predicted molar refractivity (Wildman–Crippen MR) is 76.9 cm³/mol. The van der Waals surface area contributed by atoms with Gasteiger partial charge in [0.25, 0.3) is 5.91 Å². The molecule has 4 heteroatoms. The number of amides is 1. The lowest BCUT2D eigenvalue weighted by Gasteiger charge is -2.08. The first-order valence-corrected chi connectivity index (χ1v) is 6.24. The van der Waals surface area contributed by atoms with Gasteiger partial charge in [0.05, 0.1) is 6.42 Å². The average molecular weight is 269 g/mol. The summed E-state index contributed by atoms with van der Waals surface area (Å²) in [5.41, 5.74) is 2.88. The molecule has 2 aromatic carbocycles. The third kappa shape index (κ3) is 3.45. The number of hydrogen-bond donors (Lipinski definition) is 2. The molecule has 1 amide bonds. The first-order valence-electron chi connectivity index (χ1n) is 6.24.